The summed E-state index contributed by atoms with van der Waals surface area (Å²) in [6, 6.07) is 13.4. The Balaban J connectivity index is 1.85. The van der Waals surface area contributed by atoms with Crippen LogP contribution < -0.4 is 15.6 Å². The highest BCUT2D eigenvalue weighted by molar-refractivity contribution is 5.78. The number of H-pyrrole nitrogens is 1. The molecular weight excluding hydrogens is 314 g/mol. The first-order valence-electron chi connectivity index (χ1n) is 8.33. The van der Waals surface area contributed by atoms with Crippen molar-refractivity contribution < 1.29 is 4.74 Å². The third-order valence-electron chi connectivity index (χ3n) is 3.70. The minimum Gasteiger partial charge on any atom is -0.488 e. The number of aromatic nitrogens is 2. The number of anilines is 1. The zero-order chi connectivity index (χ0) is 18.0. The number of nitrogens with one attached hydrogen (secondary N) is 2. The SMILES string of the molecule is Cc1ccc(CNc2nc3ccccc3c(=O)[nH]2)c(OC(C)(C)C)c1. The first-order valence-corrected chi connectivity index (χ1v) is 8.33. The van der Waals surface area contributed by atoms with Crippen LogP contribution in [0.4, 0.5) is 5.95 Å². The van der Waals surface area contributed by atoms with Crippen LogP contribution in [0.5, 0.6) is 5.75 Å². The fourth-order valence-corrected chi connectivity index (χ4v) is 2.58. The highest BCUT2D eigenvalue weighted by atomic mass is 16.5. The summed E-state index contributed by atoms with van der Waals surface area (Å²) in [6.45, 7) is 8.61. The molecule has 2 aromatic carbocycles. The van der Waals surface area contributed by atoms with Crippen molar-refractivity contribution in [1.82, 2.24) is 9.97 Å². The molecule has 0 aliphatic rings. The standard InChI is InChI=1S/C20H23N3O2/c1-13-9-10-14(17(11-13)25-20(2,3)4)12-21-19-22-16-8-6-5-7-15(16)18(24)23-19/h5-11H,12H2,1-4H3,(H2,21,22,23,24). The van der Waals surface area contributed by atoms with Crippen LogP contribution >= 0.6 is 0 Å². The molecule has 130 valence electrons. The van der Waals surface area contributed by atoms with E-state index in [1.54, 1.807) is 6.07 Å². The summed E-state index contributed by atoms with van der Waals surface area (Å²) < 4.78 is 6.06. The summed E-state index contributed by atoms with van der Waals surface area (Å²) in [6.07, 6.45) is 0. The van der Waals surface area contributed by atoms with Crippen molar-refractivity contribution in [2.24, 2.45) is 0 Å². The Labute approximate surface area is 147 Å². The van der Waals surface area contributed by atoms with Crippen molar-refractivity contribution in [3.63, 3.8) is 0 Å². The summed E-state index contributed by atoms with van der Waals surface area (Å²) in [5, 5.41) is 3.78. The van der Waals surface area contributed by atoms with E-state index in [1.807, 2.05) is 64.1 Å². The Bertz CT molecular complexity index is 955. The van der Waals surface area contributed by atoms with Gasteiger partial charge < -0.3 is 10.1 Å². The average molecular weight is 337 g/mol. The van der Waals surface area contributed by atoms with Gasteiger partial charge in [-0.05, 0) is 51.5 Å². The minimum atomic E-state index is -0.280. The zero-order valence-corrected chi connectivity index (χ0v) is 15.0. The first-order chi connectivity index (χ1) is 11.8. The number of aryl methyl sites for hydroxylation is 1. The monoisotopic (exact) mass is 337 g/mol. The molecule has 3 aromatic rings. The van der Waals surface area contributed by atoms with Crippen LogP contribution in [0.3, 0.4) is 0 Å². The van der Waals surface area contributed by atoms with Crippen molar-refractivity contribution >= 4 is 16.9 Å². The molecular formula is C20H23N3O2. The molecule has 0 fully saturated rings. The Kier molecular flexibility index (Phi) is 4.49. The van der Waals surface area contributed by atoms with E-state index in [2.05, 4.69) is 15.3 Å². The summed E-state index contributed by atoms with van der Waals surface area (Å²) in [5.41, 5.74) is 2.39. The van der Waals surface area contributed by atoms with E-state index < -0.39 is 0 Å². The lowest BCUT2D eigenvalue weighted by Gasteiger charge is -2.24. The first kappa shape index (κ1) is 17.0. The Morgan fingerprint density at radius 2 is 1.92 bits per heavy atom. The molecule has 5 nitrogen and oxygen atoms in total. The molecule has 0 amide bonds. The van der Waals surface area contributed by atoms with Crippen LogP contribution in [-0.4, -0.2) is 15.6 Å². The quantitative estimate of drug-likeness (QED) is 0.754. The van der Waals surface area contributed by atoms with Crippen LogP contribution in [-0.2, 0) is 6.54 Å². The van der Waals surface area contributed by atoms with Gasteiger partial charge in [0, 0.05) is 12.1 Å². The van der Waals surface area contributed by atoms with E-state index in [0.29, 0.717) is 23.4 Å². The van der Waals surface area contributed by atoms with Crippen LogP contribution in [0.15, 0.2) is 47.3 Å². The summed E-state index contributed by atoms with van der Waals surface area (Å²) >= 11 is 0. The number of rotatable bonds is 4. The number of fused-ring (bicyclic) bond motifs is 1. The van der Waals surface area contributed by atoms with Gasteiger partial charge in [-0.1, -0.05) is 24.3 Å². The summed E-state index contributed by atoms with van der Waals surface area (Å²) in [4.78, 5) is 19.4. The zero-order valence-electron chi connectivity index (χ0n) is 15.0. The number of para-hydroxylation sites is 1. The van der Waals surface area contributed by atoms with Gasteiger partial charge in [-0.25, -0.2) is 4.98 Å². The van der Waals surface area contributed by atoms with Gasteiger partial charge in [0.1, 0.15) is 11.4 Å². The third-order valence-corrected chi connectivity index (χ3v) is 3.70. The number of hydrogen-bond donors (Lipinski definition) is 2. The lowest BCUT2D eigenvalue weighted by Crippen LogP contribution is -2.24. The van der Waals surface area contributed by atoms with Gasteiger partial charge in [-0.3, -0.25) is 9.78 Å². The van der Waals surface area contributed by atoms with Crippen molar-refractivity contribution in [3.05, 3.63) is 63.9 Å². The smallest absolute Gasteiger partial charge is 0.260 e. The van der Waals surface area contributed by atoms with Crippen molar-refractivity contribution in [1.29, 1.82) is 0 Å². The second kappa shape index (κ2) is 6.59. The normalized spacial score (nSPS) is 11.5. The highest BCUT2D eigenvalue weighted by Gasteiger charge is 2.15. The fraction of sp³-hybridized carbons (Fsp3) is 0.300. The van der Waals surface area contributed by atoms with Gasteiger partial charge in [0.15, 0.2) is 0 Å². The molecule has 0 aliphatic heterocycles. The topological polar surface area (TPSA) is 67.0 Å². The molecule has 5 heteroatoms. The molecule has 25 heavy (non-hydrogen) atoms. The molecule has 0 aliphatic carbocycles. The maximum atomic E-state index is 12.1. The third kappa shape index (κ3) is 4.18. The van der Waals surface area contributed by atoms with Crippen molar-refractivity contribution in [2.45, 2.75) is 39.8 Å². The van der Waals surface area contributed by atoms with Crippen LogP contribution in [0.2, 0.25) is 0 Å². The van der Waals surface area contributed by atoms with E-state index in [1.165, 1.54) is 0 Å². The predicted molar refractivity (Wildman–Crippen MR) is 101 cm³/mol. The predicted octanol–water partition coefficient (Wildman–Crippen LogP) is 4.02. The Hall–Kier alpha value is -2.82. The average Bonchev–Trinajstić information content (AvgIpc) is 2.53. The lowest BCUT2D eigenvalue weighted by molar-refractivity contribution is 0.129. The molecule has 3 rings (SSSR count). The number of ether oxygens (including phenoxy) is 1. The Morgan fingerprint density at radius 1 is 1.16 bits per heavy atom. The lowest BCUT2D eigenvalue weighted by atomic mass is 10.1. The molecule has 0 unspecified atom stereocenters. The maximum absolute atomic E-state index is 12.1. The van der Waals surface area contributed by atoms with Gasteiger partial charge in [0.05, 0.1) is 10.9 Å². The molecule has 0 bridgehead atoms. The van der Waals surface area contributed by atoms with Crippen molar-refractivity contribution in [2.75, 3.05) is 5.32 Å². The number of nitrogens with zero attached hydrogens (tertiary/aromatic N) is 1. The van der Waals surface area contributed by atoms with Gasteiger partial charge in [-0.2, -0.15) is 0 Å². The highest BCUT2D eigenvalue weighted by Crippen LogP contribution is 2.25. The Morgan fingerprint density at radius 3 is 2.68 bits per heavy atom. The number of aromatic amines is 1. The second-order valence-corrected chi connectivity index (χ2v) is 7.11. The van der Waals surface area contributed by atoms with Crippen LogP contribution in [0.25, 0.3) is 10.9 Å². The van der Waals surface area contributed by atoms with E-state index in [0.717, 1.165) is 16.9 Å². The van der Waals surface area contributed by atoms with Crippen LogP contribution in [0, 0.1) is 6.92 Å². The summed E-state index contributed by atoms with van der Waals surface area (Å²) in [7, 11) is 0. The maximum Gasteiger partial charge on any atom is 0.260 e. The van der Waals surface area contributed by atoms with E-state index in [9.17, 15) is 4.79 Å². The molecule has 0 saturated heterocycles. The second-order valence-electron chi connectivity index (χ2n) is 7.11. The van der Waals surface area contributed by atoms with Gasteiger partial charge in [0.25, 0.3) is 5.56 Å². The molecule has 0 spiro atoms. The van der Waals surface area contributed by atoms with E-state index >= 15 is 0 Å². The molecule has 0 saturated carbocycles. The number of hydrogen-bond acceptors (Lipinski definition) is 4. The van der Waals surface area contributed by atoms with Crippen LogP contribution in [0.1, 0.15) is 31.9 Å². The minimum absolute atomic E-state index is 0.150. The molecule has 0 atom stereocenters. The van der Waals surface area contributed by atoms with E-state index in [-0.39, 0.29) is 11.2 Å². The number of benzene rings is 2. The van der Waals surface area contributed by atoms with Gasteiger partial charge in [-0.15, -0.1) is 0 Å². The van der Waals surface area contributed by atoms with Gasteiger partial charge >= 0.3 is 0 Å². The molecule has 1 aromatic heterocycles. The largest absolute Gasteiger partial charge is 0.488 e. The van der Waals surface area contributed by atoms with Gasteiger partial charge in [0.2, 0.25) is 5.95 Å². The molecule has 2 N–H and O–H groups in total. The molecule has 0 radical (unpaired) electrons. The summed E-state index contributed by atoms with van der Waals surface area (Å²) in [5.74, 6) is 1.29. The van der Waals surface area contributed by atoms with E-state index in [4.69, 9.17) is 4.74 Å². The molecule has 1 heterocycles. The fourth-order valence-electron chi connectivity index (χ4n) is 2.58. The van der Waals surface area contributed by atoms with Crippen molar-refractivity contribution in [3.8, 4) is 5.75 Å².